The predicted molar refractivity (Wildman–Crippen MR) is 117 cm³/mol. The second-order valence-electron chi connectivity index (χ2n) is 6.82. The number of nitrogens with one attached hydrogen (secondary N) is 1. The van der Waals surface area contributed by atoms with Crippen LogP contribution in [0.3, 0.4) is 0 Å². The Morgan fingerprint density at radius 1 is 1.17 bits per heavy atom. The SMILES string of the molecule is CN=C(NCCS(=O)(=O)N1CCc2ccccc21)N(C)CCOc1ccccc1. The minimum absolute atomic E-state index is 0.00864. The van der Waals surface area contributed by atoms with Crippen molar-refractivity contribution in [3.8, 4) is 5.75 Å². The minimum atomic E-state index is -3.38. The number of hydrogen-bond donors (Lipinski definition) is 1. The number of anilines is 1. The first-order chi connectivity index (χ1) is 14.0. The van der Waals surface area contributed by atoms with Gasteiger partial charge in [-0.05, 0) is 30.2 Å². The zero-order chi connectivity index (χ0) is 20.7. The van der Waals surface area contributed by atoms with Crippen molar-refractivity contribution in [2.45, 2.75) is 6.42 Å². The van der Waals surface area contributed by atoms with Gasteiger partial charge in [0.15, 0.2) is 5.96 Å². The Labute approximate surface area is 173 Å². The Morgan fingerprint density at radius 2 is 1.90 bits per heavy atom. The first kappa shape index (κ1) is 21.0. The summed E-state index contributed by atoms with van der Waals surface area (Å²) in [6, 6.07) is 17.3. The molecule has 0 saturated heterocycles. The maximum absolute atomic E-state index is 12.8. The molecule has 0 aromatic heterocycles. The van der Waals surface area contributed by atoms with Crippen LogP contribution in [-0.2, 0) is 16.4 Å². The van der Waals surface area contributed by atoms with Crippen LogP contribution in [0.2, 0.25) is 0 Å². The molecular weight excluding hydrogens is 388 g/mol. The molecule has 8 heteroatoms. The maximum Gasteiger partial charge on any atom is 0.236 e. The quantitative estimate of drug-likeness (QED) is 0.526. The standard InChI is InChI=1S/C21H28N4O3S/c1-22-21(24(2)15-16-28-19-9-4-3-5-10-19)23-13-17-29(26,27)25-14-12-18-8-6-7-11-20(18)25/h3-11H,12-17H2,1-2H3,(H,22,23). The van der Waals surface area contributed by atoms with Gasteiger partial charge in [0.2, 0.25) is 10.0 Å². The number of sulfonamides is 1. The van der Waals surface area contributed by atoms with E-state index in [0.29, 0.717) is 25.7 Å². The van der Waals surface area contributed by atoms with Gasteiger partial charge in [0.05, 0.1) is 18.0 Å². The zero-order valence-corrected chi connectivity index (χ0v) is 17.7. The Bertz CT molecular complexity index is 932. The average Bonchev–Trinajstić information content (AvgIpc) is 3.17. The molecule has 0 amide bonds. The van der Waals surface area contributed by atoms with Gasteiger partial charge in [0, 0.05) is 27.2 Å². The lowest BCUT2D eigenvalue weighted by Crippen LogP contribution is -2.44. The van der Waals surface area contributed by atoms with E-state index in [9.17, 15) is 8.42 Å². The van der Waals surface area contributed by atoms with Crippen molar-refractivity contribution >= 4 is 21.7 Å². The summed E-state index contributed by atoms with van der Waals surface area (Å²) >= 11 is 0. The van der Waals surface area contributed by atoms with Gasteiger partial charge in [0.1, 0.15) is 12.4 Å². The largest absolute Gasteiger partial charge is 0.492 e. The van der Waals surface area contributed by atoms with Crippen molar-refractivity contribution in [1.29, 1.82) is 0 Å². The summed E-state index contributed by atoms with van der Waals surface area (Å²) in [6.45, 7) is 1.93. The van der Waals surface area contributed by atoms with Gasteiger partial charge in [0.25, 0.3) is 0 Å². The average molecular weight is 417 g/mol. The summed E-state index contributed by atoms with van der Waals surface area (Å²) < 4.78 is 32.8. The number of likely N-dealkylation sites (N-methyl/N-ethyl adjacent to an activating group) is 1. The van der Waals surface area contributed by atoms with Crippen molar-refractivity contribution < 1.29 is 13.2 Å². The van der Waals surface area contributed by atoms with E-state index in [0.717, 1.165) is 23.4 Å². The van der Waals surface area contributed by atoms with Crippen molar-refractivity contribution in [1.82, 2.24) is 10.2 Å². The normalized spacial score (nSPS) is 13.9. The topological polar surface area (TPSA) is 74.2 Å². The van der Waals surface area contributed by atoms with Crippen molar-refractivity contribution in [2.24, 2.45) is 4.99 Å². The monoisotopic (exact) mass is 416 g/mol. The number of para-hydroxylation sites is 2. The van der Waals surface area contributed by atoms with Crippen LogP contribution in [-0.4, -0.2) is 65.4 Å². The summed E-state index contributed by atoms with van der Waals surface area (Å²) in [4.78, 5) is 6.15. The van der Waals surface area contributed by atoms with Crippen LogP contribution >= 0.6 is 0 Å². The molecule has 0 saturated carbocycles. The molecule has 1 aliphatic rings. The zero-order valence-electron chi connectivity index (χ0n) is 16.9. The van der Waals surface area contributed by atoms with E-state index in [4.69, 9.17) is 4.74 Å². The second kappa shape index (κ2) is 9.65. The molecule has 1 N–H and O–H groups in total. The molecule has 1 aliphatic heterocycles. The summed E-state index contributed by atoms with van der Waals surface area (Å²) in [5.41, 5.74) is 1.88. The Kier molecular flexibility index (Phi) is 6.98. The van der Waals surface area contributed by atoms with E-state index in [-0.39, 0.29) is 12.3 Å². The summed E-state index contributed by atoms with van der Waals surface area (Å²) in [5, 5.41) is 3.14. The molecule has 2 aromatic rings. The summed E-state index contributed by atoms with van der Waals surface area (Å²) in [7, 11) is 0.197. The van der Waals surface area contributed by atoms with E-state index in [2.05, 4.69) is 10.3 Å². The van der Waals surface area contributed by atoms with E-state index in [1.54, 1.807) is 7.05 Å². The molecule has 3 rings (SSSR count). The smallest absolute Gasteiger partial charge is 0.236 e. The molecule has 0 unspecified atom stereocenters. The highest BCUT2D eigenvalue weighted by atomic mass is 32.2. The van der Waals surface area contributed by atoms with Crippen LogP contribution in [0.15, 0.2) is 59.6 Å². The molecule has 156 valence electrons. The highest BCUT2D eigenvalue weighted by molar-refractivity contribution is 7.92. The molecule has 0 spiro atoms. The number of ether oxygens (including phenoxy) is 1. The summed E-state index contributed by atoms with van der Waals surface area (Å²) in [5.74, 6) is 1.47. The van der Waals surface area contributed by atoms with Gasteiger partial charge in [-0.25, -0.2) is 8.42 Å². The van der Waals surface area contributed by atoms with Crippen LogP contribution < -0.4 is 14.4 Å². The molecule has 0 aliphatic carbocycles. The maximum atomic E-state index is 12.8. The van der Waals surface area contributed by atoms with Crippen molar-refractivity contribution in [3.05, 3.63) is 60.2 Å². The third-order valence-corrected chi connectivity index (χ3v) is 6.61. The molecule has 0 fully saturated rings. The third kappa shape index (κ3) is 5.41. The third-order valence-electron chi connectivity index (χ3n) is 4.84. The lowest BCUT2D eigenvalue weighted by Gasteiger charge is -2.23. The van der Waals surface area contributed by atoms with Crippen LogP contribution in [0, 0.1) is 0 Å². The second-order valence-corrected chi connectivity index (χ2v) is 8.84. The molecule has 1 heterocycles. The van der Waals surface area contributed by atoms with Crippen molar-refractivity contribution in [2.75, 3.05) is 50.4 Å². The first-order valence-corrected chi connectivity index (χ1v) is 11.3. The van der Waals surface area contributed by atoms with E-state index < -0.39 is 10.0 Å². The fourth-order valence-electron chi connectivity index (χ4n) is 3.31. The van der Waals surface area contributed by atoms with E-state index in [1.807, 2.05) is 66.5 Å². The predicted octanol–water partition coefficient (Wildman–Crippen LogP) is 1.97. The number of rotatable bonds is 8. The van der Waals surface area contributed by atoms with E-state index in [1.165, 1.54) is 4.31 Å². The first-order valence-electron chi connectivity index (χ1n) is 9.69. The van der Waals surface area contributed by atoms with Gasteiger partial charge < -0.3 is 15.0 Å². The fourth-order valence-corrected chi connectivity index (χ4v) is 4.73. The summed E-state index contributed by atoms with van der Waals surface area (Å²) in [6.07, 6.45) is 0.759. The van der Waals surface area contributed by atoms with Crippen LogP contribution in [0.25, 0.3) is 0 Å². The van der Waals surface area contributed by atoms with E-state index >= 15 is 0 Å². The number of nitrogens with zero attached hydrogens (tertiary/aromatic N) is 3. The Hall–Kier alpha value is -2.74. The number of hydrogen-bond acceptors (Lipinski definition) is 4. The van der Waals surface area contributed by atoms with Gasteiger partial charge in [-0.2, -0.15) is 0 Å². The van der Waals surface area contributed by atoms with Gasteiger partial charge in [-0.15, -0.1) is 0 Å². The number of benzene rings is 2. The Morgan fingerprint density at radius 3 is 2.66 bits per heavy atom. The lowest BCUT2D eigenvalue weighted by molar-refractivity contribution is 0.281. The fraction of sp³-hybridized carbons (Fsp3) is 0.381. The highest BCUT2D eigenvalue weighted by Gasteiger charge is 2.28. The molecule has 0 atom stereocenters. The Balaban J connectivity index is 1.47. The number of fused-ring (bicyclic) bond motifs is 1. The van der Waals surface area contributed by atoms with Crippen LogP contribution in [0.5, 0.6) is 5.75 Å². The molecule has 0 radical (unpaired) electrons. The molecule has 29 heavy (non-hydrogen) atoms. The number of aliphatic imine (C=N–C) groups is 1. The lowest BCUT2D eigenvalue weighted by atomic mass is 10.2. The molecular formula is C21H28N4O3S. The van der Waals surface area contributed by atoms with Crippen LogP contribution in [0.4, 0.5) is 5.69 Å². The number of guanidine groups is 1. The highest BCUT2D eigenvalue weighted by Crippen LogP contribution is 2.29. The molecule has 7 nitrogen and oxygen atoms in total. The van der Waals surface area contributed by atoms with Crippen molar-refractivity contribution in [3.63, 3.8) is 0 Å². The molecule has 2 aromatic carbocycles. The van der Waals surface area contributed by atoms with Gasteiger partial charge in [-0.1, -0.05) is 36.4 Å². The minimum Gasteiger partial charge on any atom is -0.492 e. The molecule has 0 bridgehead atoms. The van der Waals surface area contributed by atoms with Crippen LogP contribution in [0.1, 0.15) is 5.56 Å². The van der Waals surface area contributed by atoms with Gasteiger partial charge >= 0.3 is 0 Å². The van der Waals surface area contributed by atoms with Gasteiger partial charge in [-0.3, -0.25) is 9.30 Å².